The fourth-order valence-electron chi connectivity index (χ4n) is 3.10. The van der Waals surface area contributed by atoms with E-state index in [9.17, 15) is 4.79 Å². The predicted molar refractivity (Wildman–Crippen MR) is 106 cm³/mol. The third kappa shape index (κ3) is 3.52. The molecule has 0 aliphatic heterocycles. The third-order valence-electron chi connectivity index (χ3n) is 4.74. The van der Waals surface area contributed by atoms with E-state index in [1.165, 1.54) is 0 Å². The Morgan fingerprint density at radius 3 is 2.93 bits per heavy atom. The fraction of sp³-hybridized carbons (Fsp3) is 0.190. The average molecular weight is 386 g/mol. The fourth-order valence-corrected chi connectivity index (χ4v) is 3.10. The van der Waals surface area contributed by atoms with Crippen molar-refractivity contribution in [1.82, 2.24) is 24.7 Å². The number of aromatic nitrogens is 5. The monoisotopic (exact) mass is 386 g/mol. The number of nitrogens with zero attached hydrogens (tertiary/aromatic N) is 5. The molecule has 8 nitrogen and oxygen atoms in total. The maximum Gasteiger partial charge on any atom is 0.275 e. The van der Waals surface area contributed by atoms with Gasteiger partial charge in [0.2, 0.25) is 0 Å². The molecule has 1 fully saturated rings. The molecular weight excluding hydrogens is 368 g/mol. The van der Waals surface area contributed by atoms with Crippen molar-refractivity contribution in [3.63, 3.8) is 0 Å². The van der Waals surface area contributed by atoms with Gasteiger partial charge in [0, 0.05) is 24.0 Å². The minimum atomic E-state index is -0.291. The van der Waals surface area contributed by atoms with Crippen molar-refractivity contribution in [2.45, 2.75) is 25.7 Å². The molecule has 29 heavy (non-hydrogen) atoms. The Balaban J connectivity index is 1.42. The molecule has 0 saturated heterocycles. The number of carbonyl (C=O) groups is 1. The molecule has 0 spiro atoms. The van der Waals surface area contributed by atoms with E-state index in [1.807, 2.05) is 43.3 Å². The van der Waals surface area contributed by atoms with E-state index >= 15 is 0 Å². The van der Waals surface area contributed by atoms with Gasteiger partial charge in [-0.25, -0.2) is 9.97 Å². The summed E-state index contributed by atoms with van der Waals surface area (Å²) in [5.41, 5.74) is 2.76. The molecule has 1 saturated carbocycles. The quantitative estimate of drug-likeness (QED) is 0.561. The zero-order chi connectivity index (χ0) is 19.8. The van der Waals surface area contributed by atoms with E-state index < -0.39 is 0 Å². The zero-order valence-corrected chi connectivity index (χ0v) is 15.7. The number of hydrogen-bond acceptors (Lipinski definition) is 6. The molecule has 3 heterocycles. The molecule has 0 atom stereocenters. The number of benzene rings is 1. The SMILES string of the molecule is Cc1cccc(NC(=O)c2cn(-c3ncccc3-c3nc(C4CC4)no3)cn2)c1. The van der Waals surface area contributed by atoms with Crippen LogP contribution in [-0.4, -0.2) is 30.6 Å². The predicted octanol–water partition coefficient (Wildman–Crippen LogP) is 3.76. The number of rotatable bonds is 5. The van der Waals surface area contributed by atoms with Gasteiger partial charge in [-0.2, -0.15) is 4.98 Å². The second-order valence-corrected chi connectivity index (χ2v) is 7.10. The first-order valence-corrected chi connectivity index (χ1v) is 9.39. The first-order valence-electron chi connectivity index (χ1n) is 9.39. The van der Waals surface area contributed by atoms with Gasteiger partial charge in [0.1, 0.15) is 12.0 Å². The summed E-state index contributed by atoms with van der Waals surface area (Å²) >= 11 is 0. The number of nitrogens with one attached hydrogen (secondary N) is 1. The van der Waals surface area contributed by atoms with Crippen molar-refractivity contribution in [3.8, 4) is 17.3 Å². The van der Waals surface area contributed by atoms with Gasteiger partial charge >= 0.3 is 0 Å². The molecule has 0 bridgehead atoms. The number of carbonyl (C=O) groups excluding carboxylic acids is 1. The first kappa shape index (κ1) is 17.3. The lowest BCUT2D eigenvalue weighted by atomic mass is 10.2. The van der Waals surface area contributed by atoms with Crippen molar-refractivity contribution in [2.75, 3.05) is 5.32 Å². The lowest BCUT2D eigenvalue weighted by Gasteiger charge is -2.05. The second-order valence-electron chi connectivity index (χ2n) is 7.10. The van der Waals surface area contributed by atoms with Crippen molar-refractivity contribution in [2.24, 2.45) is 0 Å². The van der Waals surface area contributed by atoms with Crippen LogP contribution in [0.3, 0.4) is 0 Å². The normalized spacial score (nSPS) is 13.4. The lowest BCUT2D eigenvalue weighted by molar-refractivity contribution is 0.102. The van der Waals surface area contributed by atoms with Gasteiger partial charge in [-0.1, -0.05) is 17.3 Å². The van der Waals surface area contributed by atoms with Crippen LogP contribution < -0.4 is 5.32 Å². The minimum absolute atomic E-state index is 0.285. The first-order chi connectivity index (χ1) is 14.2. The van der Waals surface area contributed by atoms with Crippen LogP contribution in [0, 0.1) is 6.92 Å². The molecule has 1 amide bonds. The van der Waals surface area contributed by atoms with Gasteiger partial charge in [0.05, 0.1) is 5.56 Å². The van der Waals surface area contributed by atoms with Crippen LogP contribution in [0.15, 0.2) is 59.6 Å². The number of hydrogen-bond donors (Lipinski definition) is 1. The van der Waals surface area contributed by atoms with E-state index in [4.69, 9.17) is 4.52 Å². The van der Waals surface area contributed by atoms with Crippen molar-refractivity contribution in [1.29, 1.82) is 0 Å². The maximum atomic E-state index is 12.6. The Hall–Kier alpha value is -3.81. The smallest absolute Gasteiger partial charge is 0.275 e. The Morgan fingerprint density at radius 1 is 1.21 bits per heavy atom. The molecule has 3 aromatic heterocycles. The highest BCUT2D eigenvalue weighted by molar-refractivity contribution is 6.02. The van der Waals surface area contributed by atoms with Crippen molar-refractivity contribution < 1.29 is 9.32 Å². The van der Waals surface area contributed by atoms with Gasteiger partial charge in [0.15, 0.2) is 11.6 Å². The van der Waals surface area contributed by atoms with E-state index in [0.29, 0.717) is 23.2 Å². The summed E-state index contributed by atoms with van der Waals surface area (Å²) < 4.78 is 7.13. The van der Waals surface area contributed by atoms with E-state index in [-0.39, 0.29) is 11.6 Å². The van der Waals surface area contributed by atoms with Crippen LogP contribution in [-0.2, 0) is 0 Å². The van der Waals surface area contributed by atoms with Crippen LogP contribution >= 0.6 is 0 Å². The molecule has 0 unspecified atom stereocenters. The van der Waals surface area contributed by atoms with Crippen LogP contribution in [0.1, 0.15) is 40.6 Å². The molecule has 4 aromatic rings. The Bertz CT molecular complexity index is 1190. The number of amides is 1. The standard InChI is InChI=1S/C21H18N6O2/c1-13-4-2-5-15(10-13)24-20(28)17-11-27(12-23-17)19-16(6-3-9-22-19)21-25-18(26-29-21)14-7-8-14/h2-6,9-12,14H,7-8H2,1H3,(H,24,28). The largest absolute Gasteiger partial charge is 0.334 e. The van der Waals surface area contributed by atoms with Crippen LogP contribution in [0.4, 0.5) is 5.69 Å². The number of pyridine rings is 1. The molecule has 144 valence electrons. The van der Waals surface area contributed by atoms with Crippen molar-refractivity contribution >= 4 is 11.6 Å². The third-order valence-corrected chi connectivity index (χ3v) is 4.74. The van der Waals surface area contributed by atoms with Gasteiger partial charge in [-0.05, 0) is 49.6 Å². The molecule has 1 aromatic carbocycles. The molecule has 1 aliphatic carbocycles. The second kappa shape index (κ2) is 6.97. The molecule has 1 N–H and O–H groups in total. The summed E-state index contributed by atoms with van der Waals surface area (Å²) in [6.45, 7) is 1.97. The molecule has 1 aliphatic rings. The Kier molecular flexibility index (Phi) is 4.16. The maximum absolute atomic E-state index is 12.6. The molecular formula is C21H18N6O2. The Labute approximate surface area is 166 Å². The topological polar surface area (TPSA) is 98.7 Å². The number of aryl methyl sites for hydroxylation is 1. The minimum Gasteiger partial charge on any atom is -0.334 e. The van der Waals surface area contributed by atoms with E-state index in [0.717, 1.165) is 29.9 Å². The number of imidazole rings is 1. The van der Waals surface area contributed by atoms with E-state index in [1.54, 1.807) is 23.3 Å². The molecule has 5 rings (SSSR count). The number of anilines is 1. The van der Waals surface area contributed by atoms with Crippen LogP contribution in [0.5, 0.6) is 0 Å². The zero-order valence-electron chi connectivity index (χ0n) is 15.7. The molecule has 8 heteroatoms. The van der Waals surface area contributed by atoms with Gasteiger partial charge in [-0.3, -0.25) is 9.36 Å². The van der Waals surface area contributed by atoms with Gasteiger partial charge in [0.25, 0.3) is 11.8 Å². The van der Waals surface area contributed by atoms with Crippen molar-refractivity contribution in [3.05, 3.63) is 72.2 Å². The van der Waals surface area contributed by atoms with E-state index in [2.05, 4.69) is 25.4 Å². The highest BCUT2D eigenvalue weighted by atomic mass is 16.5. The van der Waals surface area contributed by atoms with Crippen LogP contribution in [0.25, 0.3) is 17.3 Å². The van der Waals surface area contributed by atoms with Gasteiger partial charge < -0.3 is 9.84 Å². The van der Waals surface area contributed by atoms with Crippen LogP contribution in [0.2, 0.25) is 0 Å². The summed E-state index contributed by atoms with van der Waals surface area (Å²) in [7, 11) is 0. The highest BCUT2D eigenvalue weighted by Gasteiger charge is 2.29. The highest BCUT2D eigenvalue weighted by Crippen LogP contribution is 2.39. The summed E-state index contributed by atoms with van der Waals surface area (Å²) in [5, 5.41) is 6.93. The average Bonchev–Trinajstić information content (AvgIpc) is 3.26. The Morgan fingerprint density at radius 2 is 2.10 bits per heavy atom. The summed E-state index contributed by atoms with van der Waals surface area (Å²) in [4.78, 5) is 25.7. The summed E-state index contributed by atoms with van der Waals surface area (Å²) in [6.07, 6.45) is 7.05. The molecule has 0 radical (unpaired) electrons. The lowest BCUT2D eigenvalue weighted by Crippen LogP contribution is -2.12. The van der Waals surface area contributed by atoms with Gasteiger partial charge in [-0.15, -0.1) is 0 Å². The summed E-state index contributed by atoms with van der Waals surface area (Å²) in [5.74, 6) is 1.83. The summed E-state index contributed by atoms with van der Waals surface area (Å²) in [6, 6.07) is 11.3.